The summed E-state index contributed by atoms with van der Waals surface area (Å²) in [4.78, 5) is 0. The summed E-state index contributed by atoms with van der Waals surface area (Å²) in [6.07, 6.45) is 7.03. The fourth-order valence-corrected chi connectivity index (χ4v) is 3.05. The van der Waals surface area contributed by atoms with Crippen LogP contribution >= 0.6 is 0 Å². The molecule has 3 heteroatoms. The van der Waals surface area contributed by atoms with Crippen LogP contribution in [0.4, 0.5) is 0 Å². The van der Waals surface area contributed by atoms with Crippen molar-refractivity contribution in [2.24, 2.45) is 12.5 Å². The summed E-state index contributed by atoms with van der Waals surface area (Å²) < 4.78 is 2.14. The van der Waals surface area contributed by atoms with Gasteiger partial charge < -0.3 is 15.2 Å². The lowest BCUT2D eigenvalue weighted by Gasteiger charge is -2.53. The Morgan fingerprint density at radius 2 is 2.20 bits per heavy atom. The van der Waals surface area contributed by atoms with Crippen LogP contribution in [0.1, 0.15) is 24.4 Å². The minimum atomic E-state index is 0.548. The van der Waals surface area contributed by atoms with Crippen LogP contribution in [-0.4, -0.2) is 24.2 Å². The predicted octanol–water partition coefficient (Wildman–Crippen LogP) is 1.04. The molecule has 82 valence electrons. The molecule has 0 unspecified atom stereocenters. The Balaban J connectivity index is 1.82. The van der Waals surface area contributed by atoms with Crippen molar-refractivity contribution in [2.45, 2.75) is 18.9 Å². The van der Waals surface area contributed by atoms with Crippen LogP contribution in [0.25, 0.3) is 0 Å². The van der Waals surface area contributed by atoms with Crippen LogP contribution in [0.3, 0.4) is 0 Å². The smallest absolute Gasteiger partial charge is 0.0405 e. The first-order valence-electron chi connectivity index (χ1n) is 5.86. The normalized spacial score (nSPS) is 29.0. The molecule has 0 radical (unpaired) electrons. The molecule has 0 amide bonds. The third-order valence-corrected chi connectivity index (χ3v) is 4.06. The van der Waals surface area contributed by atoms with Crippen LogP contribution in [0.2, 0.25) is 0 Å². The molecule has 0 bridgehead atoms. The second-order valence-corrected chi connectivity index (χ2v) is 5.04. The van der Waals surface area contributed by atoms with E-state index < -0.39 is 0 Å². The summed E-state index contributed by atoms with van der Waals surface area (Å²) in [7, 11) is 2.09. The van der Waals surface area contributed by atoms with E-state index in [1.54, 1.807) is 0 Å². The van der Waals surface area contributed by atoms with Gasteiger partial charge in [0.25, 0.3) is 0 Å². The van der Waals surface area contributed by atoms with Gasteiger partial charge in [-0.1, -0.05) is 0 Å². The van der Waals surface area contributed by atoms with Gasteiger partial charge >= 0.3 is 0 Å². The topological polar surface area (TPSA) is 29.0 Å². The quantitative estimate of drug-likeness (QED) is 0.717. The van der Waals surface area contributed by atoms with Crippen molar-refractivity contribution in [3.05, 3.63) is 24.0 Å². The van der Waals surface area contributed by atoms with Gasteiger partial charge in [0, 0.05) is 37.4 Å². The monoisotopic (exact) mass is 205 g/mol. The van der Waals surface area contributed by atoms with Crippen molar-refractivity contribution >= 4 is 0 Å². The number of aryl methyl sites for hydroxylation is 1. The first-order chi connectivity index (χ1) is 7.30. The number of aromatic nitrogens is 1. The molecule has 2 N–H and O–H groups in total. The summed E-state index contributed by atoms with van der Waals surface area (Å²) >= 11 is 0. The molecule has 1 spiro atoms. The highest BCUT2D eigenvalue weighted by Gasteiger charge is 2.47. The van der Waals surface area contributed by atoms with Gasteiger partial charge in [-0.3, -0.25) is 0 Å². The molecular weight excluding hydrogens is 186 g/mol. The molecule has 3 rings (SSSR count). The summed E-state index contributed by atoms with van der Waals surface area (Å²) in [6, 6.07) is 2.85. The highest BCUT2D eigenvalue weighted by atomic mass is 15.1. The van der Waals surface area contributed by atoms with Gasteiger partial charge in [0.05, 0.1) is 0 Å². The van der Waals surface area contributed by atoms with Gasteiger partial charge in [0.15, 0.2) is 0 Å². The maximum atomic E-state index is 3.59. The second-order valence-electron chi connectivity index (χ2n) is 5.04. The number of hydrogen-bond acceptors (Lipinski definition) is 2. The molecule has 1 atom stereocenters. The van der Waals surface area contributed by atoms with E-state index in [0.717, 1.165) is 0 Å². The van der Waals surface area contributed by atoms with Crippen LogP contribution in [0.5, 0.6) is 0 Å². The van der Waals surface area contributed by atoms with E-state index in [2.05, 4.69) is 40.7 Å². The molecule has 0 aliphatic carbocycles. The average Bonchev–Trinajstić information content (AvgIpc) is 2.64. The molecule has 15 heavy (non-hydrogen) atoms. The highest BCUT2D eigenvalue weighted by molar-refractivity contribution is 5.23. The Morgan fingerprint density at radius 1 is 1.40 bits per heavy atom. The molecule has 2 aliphatic rings. The molecule has 2 aliphatic heterocycles. The Bertz CT molecular complexity index is 350. The molecule has 1 aromatic rings. The van der Waals surface area contributed by atoms with Crippen LogP contribution < -0.4 is 10.6 Å². The largest absolute Gasteiger partial charge is 0.357 e. The zero-order chi connectivity index (χ0) is 10.3. The Kier molecular flexibility index (Phi) is 2.11. The number of hydrogen-bond donors (Lipinski definition) is 2. The average molecular weight is 205 g/mol. The molecule has 1 aromatic heterocycles. The Morgan fingerprint density at radius 3 is 2.73 bits per heavy atom. The van der Waals surface area contributed by atoms with Gasteiger partial charge in [-0.25, -0.2) is 0 Å². The van der Waals surface area contributed by atoms with Gasteiger partial charge in [0.2, 0.25) is 0 Å². The minimum absolute atomic E-state index is 0.548. The van der Waals surface area contributed by atoms with Crippen LogP contribution in [0.15, 0.2) is 18.5 Å². The summed E-state index contributed by atoms with van der Waals surface area (Å²) in [5, 5.41) is 7.05. The fourth-order valence-electron chi connectivity index (χ4n) is 3.05. The lowest BCUT2D eigenvalue weighted by Crippen LogP contribution is -2.59. The van der Waals surface area contributed by atoms with Gasteiger partial charge in [-0.05, 0) is 37.6 Å². The third-order valence-electron chi connectivity index (χ3n) is 4.06. The van der Waals surface area contributed by atoms with Crippen molar-refractivity contribution in [1.29, 1.82) is 0 Å². The van der Waals surface area contributed by atoms with E-state index >= 15 is 0 Å². The van der Waals surface area contributed by atoms with Gasteiger partial charge in [0.1, 0.15) is 0 Å². The lowest BCUT2D eigenvalue weighted by atomic mass is 9.65. The van der Waals surface area contributed by atoms with E-state index in [1.807, 2.05) is 0 Å². The minimum Gasteiger partial charge on any atom is -0.357 e. The standard InChI is InChI=1S/C12H19N3/c1-15-7-2-10(8-15)11-12(9-14-11)3-5-13-6-4-12/h2,7-8,11,13-14H,3-6,9H2,1H3/t11-/m0/s1. The number of nitrogens with one attached hydrogen (secondary N) is 2. The van der Waals surface area contributed by atoms with E-state index in [9.17, 15) is 0 Å². The first-order valence-corrected chi connectivity index (χ1v) is 5.86. The van der Waals surface area contributed by atoms with Crippen molar-refractivity contribution in [3.8, 4) is 0 Å². The number of nitrogens with zero attached hydrogens (tertiary/aromatic N) is 1. The van der Waals surface area contributed by atoms with Gasteiger partial charge in [-0.15, -0.1) is 0 Å². The Hall–Kier alpha value is -0.800. The highest BCUT2D eigenvalue weighted by Crippen LogP contribution is 2.47. The van der Waals surface area contributed by atoms with E-state index in [4.69, 9.17) is 0 Å². The van der Waals surface area contributed by atoms with Crippen LogP contribution in [-0.2, 0) is 7.05 Å². The predicted molar refractivity (Wildman–Crippen MR) is 60.7 cm³/mol. The SMILES string of the molecule is Cn1ccc([C@@H]2NCC23CCNCC3)c1. The summed E-state index contributed by atoms with van der Waals surface area (Å²) in [6.45, 7) is 3.57. The molecule has 0 saturated carbocycles. The number of piperidine rings is 1. The molecule has 3 nitrogen and oxygen atoms in total. The molecular formula is C12H19N3. The zero-order valence-corrected chi connectivity index (χ0v) is 9.29. The van der Waals surface area contributed by atoms with E-state index in [0.29, 0.717) is 11.5 Å². The van der Waals surface area contributed by atoms with Crippen molar-refractivity contribution < 1.29 is 0 Å². The maximum absolute atomic E-state index is 3.59. The molecule has 0 aromatic carbocycles. The van der Waals surface area contributed by atoms with Crippen molar-refractivity contribution in [1.82, 2.24) is 15.2 Å². The second kappa shape index (κ2) is 3.35. The first kappa shape index (κ1) is 9.43. The maximum Gasteiger partial charge on any atom is 0.0405 e. The molecule has 2 saturated heterocycles. The van der Waals surface area contributed by atoms with E-state index in [-0.39, 0.29) is 0 Å². The molecule has 2 fully saturated rings. The van der Waals surface area contributed by atoms with Gasteiger partial charge in [-0.2, -0.15) is 0 Å². The molecule has 3 heterocycles. The zero-order valence-electron chi connectivity index (χ0n) is 9.29. The summed E-state index contributed by atoms with van der Waals surface area (Å²) in [5.41, 5.74) is 2.01. The Labute approximate surface area is 90.9 Å². The summed E-state index contributed by atoms with van der Waals surface area (Å²) in [5.74, 6) is 0. The van der Waals surface area contributed by atoms with E-state index in [1.165, 1.54) is 38.0 Å². The van der Waals surface area contributed by atoms with Crippen LogP contribution in [0, 0.1) is 5.41 Å². The lowest BCUT2D eigenvalue weighted by molar-refractivity contribution is 0.0436. The number of rotatable bonds is 1. The van der Waals surface area contributed by atoms with Crippen molar-refractivity contribution in [2.75, 3.05) is 19.6 Å². The fraction of sp³-hybridized carbons (Fsp3) is 0.667. The van der Waals surface area contributed by atoms with Crippen molar-refractivity contribution in [3.63, 3.8) is 0 Å². The third kappa shape index (κ3) is 1.42.